The molecule has 0 bridgehead atoms. The Morgan fingerprint density at radius 2 is 1.62 bits per heavy atom. The van der Waals surface area contributed by atoms with E-state index in [0.717, 1.165) is 28.0 Å². The molecule has 5 rings (SSSR count). The number of aromatic nitrogens is 3. The summed E-state index contributed by atoms with van der Waals surface area (Å²) in [6.45, 7) is 4.60. The van der Waals surface area contributed by atoms with Crippen molar-refractivity contribution in [2.75, 3.05) is 11.8 Å². The molecule has 204 valence electrons. The van der Waals surface area contributed by atoms with Gasteiger partial charge in [-0.15, -0.1) is 0 Å². The first kappa shape index (κ1) is 27.0. The van der Waals surface area contributed by atoms with Gasteiger partial charge in [-0.25, -0.2) is 23.1 Å². The number of anilines is 1. The monoisotopic (exact) mass is 555 g/mol. The second-order valence-electron chi connectivity index (χ2n) is 9.22. The van der Waals surface area contributed by atoms with Crippen LogP contribution in [-0.4, -0.2) is 30.7 Å². The van der Waals surface area contributed by atoms with Gasteiger partial charge < -0.3 is 14.6 Å². The van der Waals surface area contributed by atoms with Crippen LogP contribution in [0.1, 0.15) is 22.4 Å². The lowest BCUT2D eigenvalue weighted by molar-refractivity contribution is 0.414. The Bertz CT molecular complexity index is 1720. The van der Waals surface area contributed by atoms with Crippen LogP contribution in [0.25, 0.3) is 22.5 Å². The molecule has 2 aromatic heterocycles. The van der Waals surface area contributed by atoms with Gasteiger partial charge in [-0.05, 0) is 60.9 Å². The van der Waals surface area contributed by atoms with E-state index >= 15 is 0 Å². The number of nitrogens with zero attached hydrogens (tertiary/aromatic N) is 3. The maximum atomic E-state index is 13.6. The lowest BCUT2D eigenvalue weighted by Gasteiger charge is -2.16. The van der Waals surface area contributed by atoms with Crippen LogP contribution in [0.4, 0.5) is 5.88 Å². The second kappa shape index (κ2) is 11.7. The van der Waals surface area contributed by atoms with Crippen molar-refractivity contribution < 1.29 is 17.7 Å². The fourth-order valence-corrected chi connectivity index (χ4v) is 5.56. The van der Waals surface area contributed by atoms with Gasteiger partial charge in [-0.1, -0.05) is 47.6 Å². The third-order valence-electron chi connectivity index (χ3n) is 6.58. The molecule has 0 amide bonds. The minimum absolute atomic E-state index is 0.102. The highest BCUT2D eigenvalue weighted by molar-refractivity contribution is 7.92. The smallest absolute Gasteiger partial charge is 0.264 e. The fourth-order valence-electron chi connectivity index (χ4n) is 4.29. The van der Waals surface area contributed by atoms with Gasteiger partial charge in [0.15, 0.2) is 5.82 Å². The number of rotatable bonds is 10. The van der Waals surface area contributed by atoms with Gasteiger partial charge in [0.1, 0.15) is 5.75 Å². The predicted octanol–water partition coefficient (Wildman–Crippen LogP) is 5.51. The summed E-state index contributed by atoms with van der Waals surface area (Å²) in [5.41, 5.74) is 5.41. The molecule has 0 radical (unpaired) electrons. The summed E-state index contributed by atoms with van der Waals surface area (Å²) in [7, 11) is -2.35. The third kappa shape index (κ3) is 5.88. The first-order valence-electron chi connectivity index (χ1n) is 12.6. The molecule has 0 atom stereocenters. The largest absolute Gasteiger partial charge is 0.497 e. The maximum absolute atomic E-state index is 13.6. The van der Waals surface area contributed by atoms with E-state index in [-0.39, 0.29) is 10.8 Å². The molecule has 0 spiro atoms. The van der Waals surface area contributed by atoms with E-state index in [0.29, 0.717) is 35.7 Å². The first-order valence-corrected chi connectivity index (χ1v) is 14.1. The van der Waals surface area contributed by atoms with E-state index in [4.69, 9.17) is 9.26 Å². The molecule has 9 nitrogen and oxygen atoms in total. The highest BCUT2D eigenvalue weighted by Gasteiger charge is 2.24. The fraction of sp³-hybridized carbons (Fsp3) is 0.167. The molecule has 2 N–H and O–H groups in total. The number of benzene rings is 3. The van der Waals surface area contributed by atoms with E-state index in [1.807, 2.05) is 48.5 Å². The molecular weight excluding hydrogens is 526 g/mol. The van der Waals surface area contributed by atoms with Gasteiger partial charge in [0.05, 0.1) is 17.7 Å². The van der Waals surface area contributed by atoms with Crippen molar-refractivity contribution in [1.29, 1.82) is 0 Å². The van der Waals surface area contributed by atoms with Crippen molar-refractivity contribution in [3.63, 3.8) is 0 Å². The molecule has 0 aliphatic carbocycles. The summed E-state index contributed by atoms with van der Waals surface area (Å²) in [6, 6.07) is 22.3. The summed E-state index contributed by atoms with van der Waals surface area (Å²) in [4.78, 5) is 8.90. The molecule has 0 aliphatic heterocycles. The minimum Gasteiger partial charge on any atom is -0.497 e. The second-order valence-corrected chi connectivity index (χ2v) is 10.9. The molecule has 0 saturated carbocycles. The lowest BCUT2D eigenvalue weighted by Crippen LogP contribution is -2.16. The van der Waals surface area contributed by atoms with Crippen molar-refractivity contribution in [1.82, 2.24) is 20.4 Å². The standard InChI is InChI=1S/C30H29N5O4S/c1-20-21(2)34-39-30(20)35-40(36,37)28-8-5-4-7-27(28)26-14-11-23(29-32-15-6-16-33-29)17-24(26)19-31-18-22-9-12-25(38-3)13-10-22/h4-17,31,35H,18-19H2,1-3H3. The Morgan fingerprint density at radius 1 is 0.875 bits per heavy atom. The molecule has 40 heavy (non-hydrogen) atoms. The molecule has 3 aromatic carbocycles. The van der Waals surface area contributed by atoms with Crippen LogP contribution < -0.4 is 14.8 Å². The number of aryl methyl sites for hydroxylation is 1. The van der Waals surface area contributed by atoms with Crippen molar-refractivity contribution >= 4 is 15.9 Å². The van der Waals surface area contributed by atoms with Gasteiger partial charge in [-0.3, -0.25) is 0 Å². The Morgan fingerprint density at radius 3 is 2.33 bits per heavy atom. The first-order chi connectivity index (χ1) is 19.4. The van der Waals surface area contributed by atoms with E-state index in [2.05, 4.69) is 25.2 Å². The number of ether oxygens (including phenoxy) is 1. The maximum Gasteiger partial charge on any atom is 0.264 e. The van der Waals surface area contributed by atoms with Crippen molar-refractivity contribution in [2.45, 2.75) is 31.8 Å². The predicted molar refractivity (Wildman–Crippen MR) is 153 cm³/mol. The van der Waals surface area contributed by atoms with E-state index in [1.54, 1.807) is 57.6 Å². The van der Waals surface area contributed by atoms with E-state index in [1.165, 1.54) is 0 Å². The van der Waals surface area contributed by atoms with Crippen LogP contribution in [-0.2, 0) is 23.1 Å². The van der Waals surface area contributed by atoms with E-state index in [9.17, 15) is 8.42 Å². The SMILES string of the molecule is COc1ccc(CNCc2cc(-c3ncccn3)ccc2-c2ccccc2S(=O)(=O)Nc2onc(C)c2C)cc1. The third-order valence-corrected chi connectivity index (χ3v) is 7.97. The average Bonchev–Trinajstić information content (AvgIpc) is 3.29. The zero-order chi connectivity index (χ0) is 28.1. The summed E-state index contributed by atoms with van der Waals surface area (Å²) in [6.07, 6.45) is 3.39. The Labute approximate surface area is 233 Å². The Kier molecular flexibility index (Phi) is 7.90. The summed E-state index contributed by atoms with van der Waals surface area (Å²) in [5, 5.41) is 7.35. The van der Waals surface area contributed by atoms with Crippen molar-refractivity contribution in [3.8, 4) is 28.3 Å². The van der Waals surface area contributed by atoms with Gasteiger partial charge >= 0.3 is 0 Å². The summed E-state index contributed by atoms with van der Waals surface area (Å²) < 4.78 is 40.2. The number of hydrogen-bond acceptors (Lipinski definition) is 8. The normalized spacial score (nSPS) is 11.4. The molecular formula is C30H29N5O4S. The lowest BCUT2D eigenvalue weighted by atomic mass is 9.97. The van der Waals surface area contributed by atoms with Gasteiger partial charge in [-0.2, -0.15) is 0 Å². The van der Waals surface area contributed by atoms with Gasteiger partial charge in [0, 0.05) is 42.2 Å². The van der Waals surface area contributed by atoms with Crippen LogP contribution in [0.15, 0.2) is 94.6 Å². The van der Waals surface area contributed by atoms with Crippen LogP contribution in [0.3, 0.4) is 0 Å². The van der Waals surface area contributed by atoms with Gasteiger partial charge in [0.2, 0.25) is 5.88 Å². The summed E-state index contributed by atoms with van der Waals surface area (Å²) >= 11 is 0. The van der Waals surface area contributed by atoms with Crippen LogP contribution >= 0.6 is 0 Å². The minimum atomic E-state index is -3.99. The van der Waals surface area contributed by atoms with Crippen LogP contribution in [0.5, 0.6) is 5.75 Å². The van der Waals surface area contributed by atoms with Crippen molar-refractivity contribution in [3.05, 3.63) is 108 Å². The number of nitrogens with one attached hydrogen (secondary N) is 2. The Balaban J connectivity index is 1.51. The number of methoxy groups -OCH3 is 1. The highest BCUT2D eigenvalue weighted by atomic mass is 32.2. The molecule has 0 fully saturated rings. The van der Waals surface area contributed by atoms with Crippen LogP contribution in [0.2, 0.25) is 0 Å². The molecule has 0 saturated heterocycles. The topological polar surface area (TPSA) is 119 Å². The molecule has 0 aliphatic rings. The zero-order valence-electron chi connectivity index (χ0n) is 22.4. The Hall–Kier alpha value is -4.54. The summed E-state index contributed by atoms with van der Waals surface area (Å²) in [5.74, 6) is 1.48. The molecule has 5 aromatic rings. The number of sulfonamides is 1. The highest BCUT2D eigenvalue weighted by Crippen LogP contribution is 2.34. The average molecular weight is 556 g/mol. The van der Waals surface area contributed by atoms with Gasteiger partial charge in [0.25, 0.3) is 10.0 Å². The quantitative estimate of drug-likeness (QED) is 0.231. The van der Waals surface area contributed by atoms with Crippen molar-refractivity contribution in [2.24, 2.45) is 0 Å². The molecule has 10 heteroatoms. The van der Waals surface area contributed by atoms with Crippen LogP contribution in [0, 0.1) is 13.8 Å². The molecule has 2 heterocycles. The molecule has 0 unspecified atom stereocenters. The van der Waals surface area contributed by atoms with E-state index < -0.39 is 10.0 Å². The number of hydrogen-bond donors (Lipinski definition) is 2. The zero-order valence-corrected chi connectivity index (χ0v) is 23.2.